The van der Waals surface area contributed by atoms with Crippen molar-refractivity contribution >= 4 is 67.9 Å². The predicted molar refractivity (Wildman–Crippen MR) is 112 cm³/mol. The van der Waals surface area contributed by atoms with Crippen LogP contribution in [0.1, 0.15) is 20.0 Å². The third-order valence-corrected chi connectivity index (χ3v) is 5.53. The van der Waals surface area contributed by atoms with Gasteiger partial charge in [0.1, 0.15) is 10.6 Å². The molecule has 0 radical (unpaired) electrons. The van der Waals surface area contributed by atoms with Gasteiger partial charge in [0.15, 0.2) is 5.11 Å². The maximum atomic E-state index is 12.5. The molecule has 0 aliphatic carbocycles. The standard InChI is InChI=1S/C18H14ClN3O3S2/c1-25-11-5-6-12-13(8-11)27-15(14(12)19)17(24)22-18(26)21-10-4-2-3-9(7-10)16(20)23/h2-8H,1H3,(H2,20,23)(H2,21,22,24,26). The summed E-state index contributed by atoms with van der Waals surface area (Å²) in [6.45, 7) is 0. The Morgan fingerprint density at radius 3 is 2.70 bits per heavy atom. The molecule has 4 N–H and O–H groups in total. The number of nitrogens with one attached hydrogen (secondary N) is 2. The summed E-state index contributed by atoms with van der Waals surface area (Å²) in [6.07, 6.45) is 0. The normalized spacial score (nSPS) is 10.4. The molecule has 0 aliphatic rings. The molecule has 0 aliphatic heterocycles. The summed E-state index contributed by atoms with van der Waals surface area (Å²) in [5.74, 6) is -0.302. The van der Waals surface area contributed by atoms with E-state index in [0.29, 0.717) is 26.9 Å². The number of thiophene rings is 1. The van der Waals surface area contributed by atoms with Crippen LogP contribution in [0.25, 0.3) is 10.1 Å². The van der Waals surface area contributed by atoms with Crippen molar-refractivity contribution in [2.75, 3.05) is 12.4 Å². The van der Waals surface area contributed by atoms with Crippen molar-refractivity contribution in [3.8, 4) is 5.75 Å². The number of fused-ring (bicyclic) bond motifs is 1. The maximum absolute atomic E-state index is 12.5. The molecular weight excluding hydrogens is 406 g/mol. The smallest absolute Gasteiger partial charge is 0.269 e. The SMILES string of the molecule is COc1ccc2c(Cl)c(C(=O)NC(=S)Nc3cccc(C(N)=O)c3)sc2c1. The van der Waals surface area contributed by atoms with Gasteiger partial charge in [-0.15, -0.1) is 11.3 Å². The Hall–Kier alpha value is -2.68. The number of nitrogens with two attached hydrogens (primary N) is 1. The Balaban J connectivity index is 1.76. The summed E-state index contributed by atoms with van der Waals surface area (Å²) < 4.78 is 6.02. The summed E-state index contributed by atoms with van der Waals surface area (Å²) in [5, 5.41) is 6.62. The molecule has 1 heterocycles. The van der Waals surface area contributed by atoms with Gasteiger partial charge >= 0.3 is 0 Å². The monoisotopic (exact) mass is 419 g/mol. The van der Waals surface area contributed by atoms with Crippen molar-refractivity contribution in [1.82, 2.24) is 5.32 Å². The number of hydrogen-bond donors (Lipinski definition) is 3. The van der Waals surface area contributed by atoms with Gasteiger partial charge in [0.2, 0.25) is 5.91 Å². The molecule has 1 aromatic heterocycles. The topological polar surface area (TPSA) is 93.4 Å². The van der Waals surface area contributed by atoms with Gasteiger partial charge in [-0.2, -0.15) is 0 Å². The zero-order valence-electron chi connectivity index (χ0n) is 14.0. The van der Waals surface area contributed by atoms with E-state index in [1.54, 1.807) is 43.5 Å². The number of thiocarbonyl (C=S) groups is 1. The van der Waals surface area contributed by atoms with Crippen LogP contribution in [-0.2, 0) is 0 Å². The van der Waals surface area contributed by atoms with Gasteiger partial charge in [-0.1, -0.05) is 17.7 Å². The minimum absolute atomic E-state index is 0.0766. The maximum Gasteiger partial charge on any atom is 0.269 e. The summed E-state index contributed by atoms with van der Waals surface area (Å²) in [7, 11) is 1.57. The molecule has 9 heteroatoms. The van der Waals surface area contributed by atoms with Crippen LogP contribution in [0.5, 0.6) is 5.75 Å². The lowest BCUT2D eigenvalue weighted by molar-refractivity contribution is 0.0978. The highest BCUT2D eigenvalue weighted by molar-refractivity contribution is 7.80. The summed E-state index contributed by atoms with van der Waals surface area (Å²) in [5.41, 5.74) is 6.11. The largest absolute Gasteiger partial charge is 0.497 e. The number of methoxy groups -OCH3 is 1. The molecule has 2 amide bonds. The molecule has 138 valence electrons. The number of ether oxygens (including phenoxy) is 1. The Morgan fingerprint density at radius 2 is 2.00 bits per heavy atom. The Labute approximate surface area is 169 Å². The number of amides is 2. The van der Waals surface area contributed by atoms with Crippen molar-refractivity contribution in [1.29, 1.82) is 0 Å². The molecule has 3 aromatic rings. The first-order valence-corrected chi connectivity index (χ1v) is 9.27. The van der Waals surface area contributed by atoms with Gasteiger partial charge in [0.05, 0.1) is 12.1 Å². The molecule has 0 atom stereocenters. The first-order chi connectivity index (χ1) is 12.9. The molecule has 0 bridgehead atoms. The Kier molecular flexibility index (Phi) is 5.59. The number of rotatable bonds is 4. The average molecular weight is 420 g/mol. The number of benzene rings is 2. The van der Waals surface area contributed by atoms with Crippen LogP contribution in [0.3, 0.4) is 0 Å². The van der Waals surface area contributed by atoms with Crippen molar-refractivity contribution in [2.24, 2.45) is 5.73 Å². The van der Waals surface area contributed by atoms with E-state index in [9.17, 15) is 9.59 Å². The van der Waals surface area contributed by atoms with Crippen LogP contribution in [0, 0.1) is 0 Å². The number of anilines is 1. The van der Waals surface area contributed by atoms with Crippen molar-refractivity contribution < 1.29 is 14.3 Å². The van der Waals surface area contributed by atoms with E-state index in [4.69, 9.17) is 34.3 Å². The molecule has 0 unspecified atom stereocenters. The zero-order valence-corrected chi connectivity index (χ0v) is 16.4. The van der Waals surface area contributed by atoms with E-state index >= 15 is 0 Å². The van der Waals surface area contributed by atoms with E-state index in [1.165, 1.54) is 11.3 Å². The molecule has 0 saturated carbocycles. The van der Waals surface area contributed by atoms with E-state index in [-0.39, 0.29) is 5.11 Å². The van der Waals surface area contributed by atoms with Gasteiger partial charge in [-0.3, -0.25) is 14.9 Å². The summed E-state index contributed by atoms with van der Waals surface area (Å²) >= 11 is 12.8. The van der Waals surface area contributed by atoms with Crippen LogP contribution in [0.15, 0.2) is 42.5 Å². The Bertz CT molecular complexity index is 1070. The molecular formula is C18H14ClN3O3S2. The van der Waals surface area contributed by atoms with Gasteiger partial charge < -0.3 is 15.8 Å². The molecule has 6 nitrogen and oxygen atoms in total. The van der Waals surface area contributed by atoms with E-state index in [1.807, 2.05) is 6.07 Å². The predicted octanol–water partition coefficient (Wildman–Crippen LogP) is 3.79. The number of carbonyl (C=O) groups excluding carboxylic acids is 2. The molecule has 0 fully saturated rings. The lowest BCUT2D eigenvalue weighted by Gasteiger charge is -2.09. The van der Waals surface area contributed by atoms with Crippen LogP contribution >= 0.6 is 35.2 Å². The number of hydrogen-bond acceptors (Lipinski definition) is 5. The highest BCUT2D eigenvalue weighted by Gasteiger charge is 2.18. The Morgan fingerprint density at radius 1 is 1.22 bits per heavy atom. The molecule has 27 heavy (non-hydrogen) atoms. The first kappa shape index (κ1) is 19.1. The minimum atomic E-state index is -0.555. The third kappa shape index (κ3) is 4.19. The van der Waals surface area contributed by atoms with Crippen molar-refractivity contribution in [3.63, 3.8) is 0 Å². The second-order valence-corrected chi connectivity index (χ2v) is 7.30. The number of halogens is 1. The van der Waals surface area contributed by atoms with E-state index in [2.05, 4.69) is 10.6 Å². The van der Waals surface area contributed by atoms with E-state index < -0.39 is 11.8 Å². The third-order valence-electron chi connectivity index (χ3n) is 3.67. The summed E-state index contributed by atoms with van der Waals surface area (Å²) in [6, 6.07) is 11.9. The van der Waals surface area contributed by atoms with Crippen molar-refractivity contribution in [2.45, 2.75) is 0 Å². The quantitative estimate of drug-likeness (QED) is 0.559. The van der Waals surface area contributed by atoms with Gasteiger partial charge in [0.25, 0.3) is 5.91 Å². The zero-order chi connectivity index (χ0) is 19.6. The highest BCUT2D eigenvalue weighted by Crippen LogP contribution is 2.37. The minimum Gasteiger partial charge on any atom is -0.497 e. The fourth-order valence-electron chi connectivity index (χ4n) is 2.39. The fourth-order valence-corrected chi connectivity index (χ4v) is 4.04. The average Bonchev–Trinajstić information content (AvgIpc) is 2.98. The van der Waals surface area contributed by atoms with Crippen LogP contribution in [0.4, 0.5) is 5.69 Å². The van der Waals surface area contributed by atoms with Gasteiger partial charge in [-0.25, -0.2) is 0 Å². The molecule has 0 spiro atoms. The van der Waals surface area contributed by atoms with Crippen LogP contribution < -0.4 is 21.1 Å². The highest BCUT2D eigenvalue weighted by atomic mass is 35.5. The lowest BCUT2D eigenvalue weighted by Crippen LogP contribution is -2.33. The second-order valence-electron chi connectivity index (χ2n) is 5.46. The van der Waals surface area contributed by atoms with Crippen LogP contribution in [-0.4, -0.2) is 24.0 Å². The first-order valence-electron chi connectivity index (χ1n) is 7.67. The van der Waals surface area contributed by atoms with E-state index in [0.717, 1.165) is 10.1 Å². The lowest BCUT2D eigenvalue weighted by atomic mass is 10.2. The summed E-state index contributed by atoms with van der Waals surface area (Å²) in [4.78, 5) is 24.1. The van der Waals surface area contributed by atoms with Gasteiger partial charge in [0, 0.05) is 21.3 Å². The van der Waals surface area contributed by atoms with Gasteiger partial charge in [-0.05, 0) is 48.6 Å². The fraction of sp³-hybridized carbons (Fsp3) is 0.0556. The molecule has 0 saturated heterocycles. The molecule has 2 aromatic carbocycles. The van der Waals surface area contributed by atoms with Crippen molar-refractivity contribution in [3.05, 3.63) is 57.9 Å². The van der Waals surface area contributed by atoms with Crippen LogP contribution in [0.2, 0.25) is 5.02 Å². The number of primary amides is 1. The second kappa shape index (κ2) is 7.91. The number of carbonyl (C=O) groups is 2. The molecule has 3 rings (SSSR count).